The second-order valence-corrected chi connectivity index (χ2v) is 5.48. The first-order chi connectivity index (χ1) is 8.36. The van der Waals surface area contributed by atoms with Crippen molar-refractivity contribution in [3.05, 3.63) is 12.2 Å². The van der Waals surface area contributed by atoms with Crippen LogP contribution in [0.5, 0.6) is 0 Å². The summed E-state index contributed by atoms with van der Waals surface area (Å²) in [4.78, 5) is 4.38. The maximum Gasteiger partial charge on any atom is 0.138 e. The summed E-state index contributed by atoms with van der Waals surface area (Å²) in [6, 6.07) is 0.843. The second-order valence-electron chi connectivity index (χ2n) is 5.48. The van der Waals surface area contributed by atoms with E-state index in [9.17, 15) is 0 Å². The first kappa shape index (κ1) is 11.2. The van der Waals surface area contributed by atoms with Crippen LogP contribution in [-0.2, 0) is 13.0 Å². The van der Waals surface area contributed by atoms with Gasteiger partial charge >= 0.3 is 0 Å². The van der Waals surface area contributed by atoms with Crippen LogP contribution >= 0.6 is 0 Å². The Kier molecular flexibility index (Phi) is 3.14. The summed E-state index contributed by atoms with van der Waals surface area (Å²) in [7, 11) is 0. The molecule has 4 nitrogen and oxygen atoms in total. The monoisotopic (exact) mass is 234 g/mol. The number of rotatable bonds is 6. The van der Waals surface area contributed by atoms with Crippen molar-refractivity contribution in [3.63, 3.8) is 0 Å². The van der Waals surface area contributed by atoms with E-state index in [4.69, 9.17) is 0 Å². The van der Waals surface area contributed by atoms with E-state index < -0.39 is 0 Å². The lowest BCUT2D eigenvalue weighted by Gasteiger charge is -2.36. The molecule has 0 aliphatic heterocycles. The predicted octanol–water partition coefficient (Wildman–Crippen LogP) is 1.62. The molecular weight excluding hydrogens is 212 g/mol. The fraction of sp³-hybridized carbons (Fsp3) is 0.846. The smallest absolute Gasteiger partial charge is 0.138 e. The molecule has 0 spiro atoms. The highest BCUT2D eigenvalue weighted by Gasteiger charge is 2.33. The predicted molar refractivity (Wildman–Crippen MR) is 66.6 cm³/mol. The lowest BCUT2D eigenvalue weighted by Crippen LogP contribution is -2.37. The van der Waals surface area contributed by atoms with Crippen molar-refractivity contribution in [1.29, 1.82) is 0 Å². The van der Waals surface area contributed by atoms with Crippen LogP contribution in [0.1, 0.15) is 38.4 Å². The Bertz CT molecular complexity index is 369. The quantitative estimate of drug-likeness (QED) is 0.813. The third-order valence-electron chi connectivity index (χ3n) is 4.26. The second kappa shape index (κ2) is 4.77. The summed E-state index contributed by atoms with van der Waals surface area (Å²) in [6.45, 7) is 4.29. The van der Waals surface area contributed by atoms with Crippen LogP contribution in [0.15, 0.2) is 6.33 Å². The van der Waals surface area contributed by atoms with E-state index in [1.165, 1.54) is 38.1 Å². The lowest BCUT2D eigenvalue weighted by molar-refractivity contribution is 0.166. The first-order valence-electron chi connectivity index (χ1n) is 6.97. The molecule has 4 heteroatoms. The average Bonchev–Trinajstić information content (AvgIpc) is 3.02. The Morgan fingerprint density at radius 1 is 1.29 bits per heavy atom. The number of nitrogens with zero attached hydrogens (tertiary/aromatic N) is 3. The molecule has 2 fully saturated rings. The van der Waals surface area contributed by atoms with Crippen LogP contribution in [0.25, 0.3) is 0 Å². The number of aryl methyl sites for hydroxylation is 1. The molecule has 0 bridgehead atoms. The van der Waals surface area contributed by atoms with Crippen LogP contribution in [0, 0.1) is 11.8 Å². The van der Waals surface area contributed by atoms with E-state index in [-0.39, 0.29) is 0 Å². The van der Waals surface area contributed by atoms with Gasteiger partial charge < -0.3 is 5.32 Å². The van der Waals surface area contributed by atoms with Gasteiger partial charge in [0, 0.05) is 19.0 Å². The molecule has 2 aliphatic carbocycles. The van der Waals surface area contributed by atoms with Crippen LogP contribution in [-0.4, -0.2) is 27.4 Å². The van der Waals surface area contributed by atoms with Crippen molar-refractivity contribution in [2.75, 3.05) is 6.54 Å². The van der Waals surface area contributed by atoms with Gasteiger partial charge in [0.2, 0.25) is 0 Å². The Hall–Kier alpha value is -0.900. The zero-order valence-electron chi connectivity index (χ0n) is 10.6. The van der Waals surface area contributed by atoms with Gasteiger partial charge in [0.1, 0.15) is 12.2 Å². The van der Waals surface area contributed by atoms with Gasteiger partial charge in [0.05, 0.1) is 0 Å². The van der Waals surface area contributed by atoms with Gasteiger partial charge in [-0.1, -0.05) is 0 Å². The summed E-state index contributed by atoms with van der Waals surface area (Å²) in [5.41, 5.74) is 0. The molecule has 2 unspecified atom stereocenters. The van der Waals surface area contributed by atoms with E-state index in [0.717, 1.165) is 30.8 Å². The molecule has 1 heterocycles. The lowest BCUT2D eigenvalue weighted by atomic mass is 9.71. The van der Waals surface area contributed by atoms with Gasteiger partial charge in [-0.05, 0) is 51.0 Å². The topological polar surface area (TPSA) is 42.7 Å². The Balaban J connectivity index is 1.50. The summed E-state index contributed by atoms with van der Waals surface area (Å²) < 4.78 is 2.03. The van der Waals surface area contributed by atoms with Crippen LogP contribution in [0.3, 0.4) is 0 Å². The van der Waals surface area contributed by atoms with Crippen molar-refractivity contribution in [1.82, 2.24) is 20.1 Å². The third kappa shape index (κ3) is 2.51. The molecule has 0 aromatic carbocycles. The molecule has 3 rings (SSSR count). The summed E-state index contributed by atoms with van der Waals surface area (Å²) in [5.74, 6) is 2.88. The van der Waals surface area contributed by atoms with Crippen molar-refractivity contribution in [2.45, 2.75) is 51.6 Å². The molecule has 0 saturated heterocycles. The molecule has 2 aliphatic rings. The van der Waals surface area contributed by atoms with Crippen LogP contribution in [0.2, 0.25) is 0 Å². The van der Waals surface area contributed by atoms with Crippen molar-refractivity contribution < 1.29 is 0 Å². The fourth-order valence-electron chi connectivity index (χ4n) is 2.73. The average molecular weight is 234 g/mol. The van der Waals surface area contributed by atoms with Gasteiger partial charge in [0.25, 0.3) is 0 Å². The van der Waals surface area contributed by atoms with Gasteiger partial charge in [0.15, 0.2) is 0 Å². The Morgan fingerprint density at radius 3 is 2.76 bits per heavy atom. The maximum atomic E-state index is 4.38. The molecule has 0 radical (unpaired) electrons. The highest BCUT2D eigenvalue weighted by atomic mass is 15.3. The van der Waals surface area contributed by atoms with E-state index in [1.54, 1.807) is 6.33 Å². The minimum atomic E-state index is 0.829. The van der Waals surface area contributed by atoms with E-state index >= 15 is 0 Å². The molecule has 17 heavy (non-hydrogen) atoms. The Morgan fingerprint density at radius 2 is 2.12 bits per heavy atom. The number of aromatic nitrogens is 3. The van der Waals surface area contributed by atoms with Crippen molar-refractivity contribution in [2.24, 2.45) is 11.8 Å². The molecular formula is C13H22N4. The zero-order valence-corrected chi connectivity index (χ0v) is 10.6. The SMILES string of the molecule is CCn1ncnc1CC1CCC1CNC1CC1. The van der Waals surface area contributed by atoms with Crippen LogP contribution in [0.4, 0.5) is 0 Å². The number of hydrogen-bond acceptors (Lipinski definition) is 3. The standard InChI is InChI=1S/C13H22N4/c1-2-17-13(15-9-16-17)7-10-3-4-11(10)8-14-12-5-6-12/h9-12,14H,2-8H2,1H3. The Labute approximate surface area is 103 Å². The molecule has 0 amide bonds. The van der Waals surface area contributed by atoms with Gasteiger partial charge in [-0.25, -0.2) is 4.98 Å². The number of nitrogens with one attached hydrogen (secondary N) is 1. The van der Waals surface area contributed by atoms with Gasteiger partial charge in [-0.2, -0.15) is 5.10 Å². The van der Waals surface area contributed by atoms with Crippen molar-refractivity contribution in [3.8, 4) is 0 Å². The minimum absolute atomic E-state index is 0.829. The summed E-state index contributed by atoms with van der Waals surface area (Å²) in [6.07, 6.45) is 8.35. The molecule has 2 atom stereocenters. The van der Waals surface area contributed by atoms with E-state index in [1.807, 2.05) is 4.68 Å². The molecule has 2 saturated carbocycles. The summed E-state index contributed by atoms with van der Waals surface area (Å²) >= 11 is 0. The fourth-order valence-corrected chi connectivity index (χ4v) is 2.73. The first-order valence-corrected chi connectivity index (χ1v) is 6.97. The van der Waals surface area contributed by atoms with E-state index in [2.05, 4.69) is 22.3 Å². The summed E-state index contributed by atoms with van der Waals surface area (Å²) in [5, 5.41) is 7.90. The van der Waals surface area contributed by atoms with Crippen LogP contribution < -0.4 is 5.32 Å². The van der Waals surface area contributed by atoms with Crippen molar-refractivity contribution >= 4 is 0 Å². The molecule has 1 N–H and O–H groups in total. The normalized spacial score (nSPS) is 28.1. The zero-order chi connectivity index (χ0) is 11.7. The third-order valence-corrected chi connectivity index (χ3v) is 4.26. The molecule has 1 aromatic rings. The highest BCUT2D eigenvalue weighted by Crippen LogP contribution is 2.36. The highest BCUT2D eigenvalue weighted by molar-refractivity contribution is 4.94. The van der Waals surface area contributed by atoms with Gasteiger partial charge in [-0.15, -0.1) is 0 Å². The number of hydrogen-bond donors (Lipinski definition) is 1. The van der Waals surface area contributed by atoms with Gasteiger partial charge in [-0.3, -0.25) is 4.68 Å². The van der Waals surface area contributed by atoms with E-state index in [0.29, 0.717) is 0 Å². The maximum absolute atomic E-state index is 4.38. The minimum Gasteiger partial charge on any atom is -0.314 e. The largest absolute Gasteiger partial charge is 0.314 e. The molecule has 1 aromatic heterocycles. The molecule has 94 valence electrons.